The Morgan fingerprint density at radius 3 is 2.74 bits per heavy atom. The fourth-order valence-electron chi connectivity index (χ4n) is 2.40. The van der Waals surface area contributed by atoms with Crippen LogP contribution in [0.25, 0.3) is 0 Å². The van der Waals surface area contributed by atoms with Gasteiger partial charge in [0.2, 0.25) is 0 Å². The Bertz CT molecular complexity index is 554. The number of cyclic esters (lactones) is 1. The third-order valence-corrected chi connectivity index (χ3v) is 3.30. The van der Waals surface area contributed by atoms with Gasteiger partial charge in [-0.1, -0.05) is 11.6 Å². The SMILES string of the molecule is CC(C)=CCc1c(O)cc(O)c2c1CC(=O)OC2C. The third-order valence-electron chi connectivity index (χ3n) is 3.30. The minimum Gasteiger partial charge on any atom is -0.508 e. The Morgan fingerprint density at radius 2 is 2.11 bits per heavy atom. The molecule has 1 aliphatic rings. The molecule has 1 atom stereocenters. The van der Waals surface area contributed by atoms with E-state index in [4.69, 9.17) is 4.74 Å². The number of hydrogen-bond acceptors (Lipinski definition) is 4. The van der Waals surface area contributed by atoms with E-state index in [0.29, 0.717) is 23.1 Å². The predicted octanol–water partition coefficient (Wildman–Crippen LogP) is 2.77. The average molecular weight is 262 g/mol. The highest BCUT2D eigenvalue weighted by Gasteiger charge is 2.29. The highest BCUT2D eigenvalue weighted by atomic mass is 16.5. The standard InChI is InChI=1S/C15H18O4/c1-8(2)4-5-10-11-6-14(18)19-9(3)15(11)13(17)7-12(10)16/h4,7,9,16-17H,5-6H2,1-3H3. The summed E-state index contributed by atoms with van der Waals surface area (Å²) in [5.41, 5.74) is 3.12. The first-order valence-corrected chi connectivity index (χ1v) is 6.29. The van der Waals surface area contributed by atoms with Gasteiger partial charge in [0.1, 0.15) is 17.6 Å². The summed E-state index contributed by atoms with van der Waals surface area (Å²) in [5.74, 6) is -0.326. The van der Waals surface area contributed by atoms with Crippen LogP contribution in [0, 0.1) is 0 Å². The first kappa shape index (κ1) is 13.5. The molecule has 1 unspecified atom stereocenters. The van der Waals surface area contributed by atoms with Crippen LogP contribution in [0.15, 0.2) is 17.7 Å². The van der Waals surface area contributed by atoms with Gasteiger partial charge in [-0.05, 0) is 32.8 Å². The number of phenols is 2. The number of aromatic hydroxyl groups is 2. The van der Waals surface area contributed by atoms with Gasteiger partial charge in [-0.25, -0.2) is 0 Å². The second-order valence-corrected chi connectivity index (χ2v) is 5.08. The molecule has 1 aromatic carbocycles. The van der Waals surface area contributed by atoms with Crippen LogP contribution in [-0.4, -0.2) is 16.2 Å². The summed E-state index contributed by atoms with van der Waals surface area (Å²) in [4.78, 5) is 11.5. The fraction of sp³-hybridized carbons (Fsp3) is 0.400. The van der Waals surface area contributed by atoms with E-state index in [1.54, 1.807) is 6.92 Å². The minimum absolute atomic E-state index is 0.0200. The van der Waals surface area contributed by atoms with Crippen LogP contribution < -0.4 is 0 Å². The predicted molar refractivity (Wildman–Crippen MR) is 71.1 cm³/mol. The van der Waals surface area contributed by atoms with Crippen molar-refractivity contribution < 1.29 is 19.7 Å². The van der Waals surface area contributed by atoms with Gasteiger partial charge < -0.3 is 14.9 Å². The van der Waals surface area contributed by atoms with E-state index >= 15 is 0 Å². The Hall–Kier alpha value is -1.97. The van der Waals surface area contributed by atoms with E-state index in [1.165, 1.54) is 6.07 Å². The van der Waals surface area contributed by atoms with Crippen molar-refractivity contribution in [3.05, 3.63) is 34.4 Å². The maximum absolute atomic E-state index is 11.5. The topological polar surface area (TPSA) is 66.8 Å². The van der Waals surface area contributed by atoms with Crippen LogP contribution in [0.1, 0.15) is 43.6 Å². The van der Waals surface area contributed by atoms with Gasteiger partial charge in [0, 0.05) is 17.2 Å². The molecule has 1 aromatic rings. The molecule has 2 rings (SSSR count). The number of rotatable bonds is 2. The molecule has 0 aliphatic carbocycles. The van der Waals surface area contributed by atoms with Crippen molar-refractivity contribution in [2.24, 2.45) is 0 Å². The van der Waals surface area contributed by atoms with Gasteiger partial charge in [-0.2, -0.15) is 0 Å². The van der Waals surface area contributed by atoms with Crippen LogP contribution in [-0.2, 0) is 22.4 Å². The van der Waals surface area contributed by atoms with E-state index in [0.717, 1.165) is 5.57 Å². The molecule has 0 bridgehead atoms. The second kappa shape index (κ2) is 4.96. The highest BCUT2D eigenvalue weighted by molar-refractivity contribution is 5.77. The number of hydrogen-bond donors (Lipinski definition) is 2. The molecule has 0 aromatic heterocycles. The largest absolute Gasteiger partial charge is 0.508 e. The number of fused-ring (bicyclic) bond motifs is 1. The number of allylic oxidation sites excluding steroid dienone is 2. The van der Waals surface area contributed by atoms with Gasteiger partial charge in [0.25, 0.3) is 0 Å². The van der Waals surface area contributed by atoms with Crippen LogP contribution in [0.5, 0.6) is 11.5 Å². The van der Waals surface area contributed by atoms with E-state index in [1.807, 2.05) is 19.9 Å². The van der Waals surface area contributed by atoms with Gasteiger partial charge in [-0.15, -0.1) is 0 Å². The number of phenolic OH excluding ortho intramolecular Hbond substituents is 2. The van der Waals surface area contributed by atoms with E-state index in [9.17, 15) is 15.0 Å². The number of ether oxygens (including phenoxy) is 1. The first-order chi connectivity index (χ1) is 8.90. The van der Waals surface area contributed by atoms with Gasteiger partial charge >= 0.3 is 5.97 Å². The molecular weight excluding hydrogens is 244 g/mol. The molecule has 0 fully saturated rings. The molecule has 102 valence electrons. The fourth-order valence-corrected chi connectivity index (χ4v) is 2.40. The molecule has 0 saturated carbocycles. The number of carbonyl (C=O) groups is 1. The lowest BCUT2D eigenvalue weighted by Crippen LogP contribution is -2.21. The molecule has 4 heteroatoms. The molecule has 4 nitrogen and oxygen atoms in total. The zero-order valence-electron chi connectivity index (χ0n) is 11.4. The lowest BCUT2D eigenvalue weighted by Gasteiger charge is -2.26. The molecule has 1 aliphatic heterocycles. The summed E-state index contributed by atoms with van der Waals surface area (Å²) >= 11 is 0. The normalized spacial score (nSPS) is 17.6. The van der Waals surface area contributed by atoms with Crippen molar-refractivity contribution in [2.45, 2.75) is 39.7 Å². The Morgan fingerprint density at radius 1 is 1.42 bits per heavy atom. The Kier molecular flexibility index (Phi) is 3.51. The van der Waals surface area contributed by atoms with E-state index < -0.39 is 6.10 Å². The summed E-state index contributed by atoms with van der Waals surface area (Å²) in [6, 6.07) is 1.32. The molecule has 0 radical (unpaired) electrons. The highest BCUT2D eigenvalue weighted by Crippen LogP contribution is 2.40. The van der Waals surface area contributed by atoms with Gasteiger partial charge in [0.15, 0.2) is 0 Å². The van der Waals surface area contributed by atoms with Crippen molar-refractivity contribution in [1.82, 2.24) is 0 Å². The average Bonchev–Trinajstić information content (AvgIpc) is 2.26. The maximum atomic E-state index is 11.5. The van der Waals surface area contributed by atoms with Crippen LogP contribution in [0.2, 0.25) is 0 Å². The molecule has 19 heavy (non-hydrogen) atoms. The van der Waals surface area contributed by atoms with E-state index in [-0.39, 0.29) is 23.9 Å². The molecule has 1 heterocycles. The molecule has 2 N–H and O–H groups in total. The van der Waals surface area contributed by atoms with Crippen molar-refractivity contribution in [2.75, 3.05) is 0 Å². The second-order valence-electron chi connectivity index (χ2n) is 5.08. The Labute approximate surface area is 112 Å². The Balaban J connectivity index is 2.57. The molecule has 0 amide bonds. The summed E-state index contributed by atoms with van der Waals surface area (Å²) < 4.78 is 5.12. The zero-order chi connectivity index (χ0) is 14.2. The number of esters is 1. The smallest absolute Gasteiger partial charge is 0.310 e. The minimum atomic E-state index is -0.484. The van der Waals surface area contributed by atoms with Crippen LogP contribution in [0.4, 0.5) is 0 Å². The summed E-state index contributed by atoms with van der Waals surface area (Å²) in [6.45, 7) is 5.67. The summed E-state index contributed by atoms with van der Waals surface area (Å²) in [5, 5.41) is 19.9. The van der Waals surface area contributed by atoms with Crippen LogP contribution >= 0.6 is 0 Å². The zero-order valence-corrected chi connectivity index (χ0v) is 11.4. The van der Waals surface area contributed by atoms with Crippen molar-refractivity contribution >= 4 is 5.97 Å². The quantitative estimate of drug-likeness (QED) is 0.635. The van der Waals surface area contributed by atoms with Crippen molar-refractivity contribution in [1.29, 1.82) is 0 Å². The maximum Gasteiger partial charge on any atom is 0.310 e. The molecular formula is C15H18O4. The third kappa shape index (κ3) is 2.57. The lowest BCUT2D eigenvalue weighted by molar-refractivity contribution is -0.149. The summed E-state index contributed by atoms with van der Waals surface area (Å²) in [7, 11) is 0. The lowest BCUT2D eigenvalue weighted by atomic mass is 9.90. The summed E-state index contributed by atoms with van der Waals surface area (Å²) in [6.07, 6.45) is 2.13. The van der Waals surface area contributed by atoms with Gasteiger partial charge in [0.05, 0.1) is 6.42 Å². The first-order valence-electron chi connectivity index (χ1n) is 6.29. The van der Waals surface area contributed by atoms with Crippen molar-refractivity contribution in [3.63, 3.8) is 0 Å². The monoisotopic (exact) mass is 262 g/mol. The van der Waals surface area contributed by atoms with E-state index in [2.05, 4.69) is 0 Å². The number of benzene rings is 1. The molecule has 0 spiro atoms. The van der Waals surface area contributed by atoms with Crippen LogP contribution in [0.3, 0.4) is 0 Å². The van der Waals surface area contributed by atoms with Crippen molar-refractivity contribution in [3.8, 4) is 11.5 Å². The molecule has 0 saturated heterocycles. The van der Waals surface area contributed by atoms with Gasteiger partial charge in [-0.3, -0.25) is 4.79 Å². The number of carbonyl (C=O) groups excluding carboxylic acids is 1.